The summed E-state index contributed by atoms with van der Waals surface area (Å²) in [5.74, 6) is 1.18. The van der Waals surface area contributed by atoms with Crippen molar-refractivity contribution >= 4 is 22.7 Å². The third-order valence-electron chi connectivity index (χ3n) is 2.30. The second-order valence-corrected chi connectivity index (χ2v) is 4.19. The number of para-hydroxylation sites is 1. The van der Waals surface area contributed by atoms with E-state index in [0.29, 0.717) is 0 Å². The second kappa shape index (κ2) is 2.70. The maximum absolute atomic E-state index is 4.40. The highest BCUT2D eigenvalue weighted by Crippen LogP contribution is 2.26. The first kappa shape index (κ1) is 7.33. The Morgan fingerprint density at radius 1 is 1.31 bits per heavy atom. The van der Waals surface area contributed by atoms with E-state index in [2.05, 4.69) is 27.8 Å². The molecule has 0 amide bonds. The summed E-state index contributed by atoms with van der Waals surface area (Å²) in [6.07, 6.45) is 1.94. The Labute approximate surface area is 80.6 Å². The third-order valence-corrected chi connectivity index (χ3v) is 3.42. The number of aryl methyl sites for hydroxylation is 1. The normalized spacial score (nSPS) is 14.8. The minimum absolute atomic E-state index is 1.10. The fraction of sp³-hybridized carbons (Fsp3) is 0.200. The zero-order valence-corrected chi connectivity index (χ0v) is 7.92. The molecule has 3 heteroatoms. The predicted molar refractivity (Wildman–Crippen MR) is 52.7 cm³/mol. The number of rotatable bonds is 0. The Morgan fingerprint density at radius 2 is 2.23 bits per heavy atom. The van der Waals surface area contributed by atoms with Crippen LogP contribution in [-0.4, -0.2) is 10.7 Å². The van der Waals surface area contributed by atoms with E-state index in [1.54, 1.807) is 0 Å². The van der Waals surface area contributed by atoms with Crippen LogP contribution >= 0.6 is 11.8 Å². The van der Waals surface area contributed by atoms with Gasteiger partial charge in [-0.25, -0.2) is 4.57 Å². The van der Waals surface area contributed by atoms with Crippen LogP contribution < -0.4 is 4.57 Å². The first-order chi connectivity index (χ1) is 6.45. The molecule has 1 aromatic carbocycles. The van der Waals surface area contributed by atoms with Gasteiger partial charge in [-0.15, -0.1) is 0 Å². The molecule has 0 saturated heterocycles. The van der Waals surface area contributed by atoms with Crippen LogP contribution in [0, 0.1) is 0 Å². The molecular formula is C10H9N2S+. The van der Waals surface area contributed by atoms with Crippen molar-refractivity contribution in [3.8, 4) is 0 Å². The molecular weight excluding hydrogens is 180 g/mol. The first-order valence-electron chi connectivity index (χ1n) is 4.35. The van der Waals surface area contributed by atoms with Crippen molar-refractivity contribution < 1.29 is 4.57 Å². The Hall–Kier alpha value is -1.09. The Kier molecular flexibility index (Phi) is 1.52. The molecule has 1 aromatic heterocycles. The van der Waals surface area contributed by atoms with Crippen LogP contribution in [0.3, 0.4) is 0 Å². The summed E-state index contributed by atoms with van der Waals surface area (Å²) in [7, 11) is 0. The molecule has 0 fully saturated rings. The van der Waals surface area contributed by atoms with E-state index in [-0.39, 0.29) is 0 Å². The van der Waals surface area contributed by atoms with Gasteiger partial charge in [-0.1, -0.05) is 23.9 Å². The van der Waals surface area contributed by atoms with Crippen LogP contribution in [0.5, 0.6) is 0 Å². The molecule has 1 aliphatic heterocycles. The highest BCUT2D eigenvalue weighted by molar-refractivity contribution is 7.99. The van der Waals surface area contributed by atoms with Gasteiger partial charge in [0.2, 0.25) is 0 Å². The highest BCUT2D eigenvalue weighted by atomic mass is 32.2. The number of hydrogen-bond donors (Lipinski definition) is 0. The fourth-order valence-electron chi connectivity index (χ4n) is 1.67. The lowest BCUT2D eigenvalue weighted by atomic mass is 10.2. The van der Waals surface area contributed by atoms with Crippen molar-refractivity contribution in [3.63, 3.8) is 0 Å². The predicted octanol–water partition coefficient (Wildman–Crippen LogP) is 1.63. The Balaban J connectivity index is 2.43. The van der Waals surface area contributed by atoms with Gasteiger partial charge >= 0.3 is 0 Å². The van der Waals surface area contributed by atoms with E-state index in [1.807, 2.05) is 24.2 Å². The van der Waals surface area contributed by atoms with Crippen molar-refractivity contribution in [2.45, 2.75) is 11.6 Å². The summed E-state index contributed by atoms with van der Waals surface area (Å²) in [4.78, 5) is 4.40. The van der Waals surface area contributed by atoms with E-state index in [1.165, 1.54) is 16.2 Å². The molecule has 64 valence electrons. The van der Waals surface area contributed by atoms with Crippen molar-refractivity contribution in [2.24, 2.45) is 0 Å². The topological polar surface area (TPSA) is 16.8 Å². The third kappa shape index (κ3) is 1.04. The van der Waals surface area contributed by atoms with Crippen LogP contribution in [0.1, 0.15) is 0 Å². The molecule has 0 aliphatic carbocycles. The molecule has 2 nitrogen and oxygen atoms in total. The number of nitrogens with zero attached hydrogens (tertiary/aromatic N) is 2. The second-order valence-electron chi connectivity index (χ2n) is 3.11. The maximum Gasteiger partial charge on any atom is 0.287 e. The van der Waals surface area contributed by atoms with Crippen molar-refractivity contribution in [2.75, 3.05) is 5.75 Å². The van der Waals surface area contributed by atoms with Gasteiger partial charge in [0.05, 0.1) is 5.39 Å². The number of aromatic nitrogens is 2. The monoisotopic (exact) mass is 189 g/mol. The van der Waals surface area contributed by atoms with Crippen LogP contribution in [0.4, 0.5) is 0 Å². The molecule has 3 rings (SSSR count). The molecule has 1 aliphatic rings. The lowest BCUT2D eigenvalue weighted by Crippen LogP contribution is -2.32. The van der Waals surface area contributed by atoms with Gasteiger partial charge < -0.3 is 0 Å². The SMILES string of the molecule is c1ccc2c3[n+](cnc2c1)CCS3. The molecule has 0 saturated carbocycles. The number of thioether (sulfide) groups is 1. The van der Waals surface area contributed by atoms with E-state index in [0.717, 1.165) is 12.1 Å². The minimum atomic E-state index is 1.10. The first-order valence-corrected chi connectivity index (χ1v) is 5.34. The lowest BCUT2D eigenvalue weighted by Gasteiger charge is -1.96. The number of benzene rings is 1. The van der Waals surface area contributed by atoms with Crippen LogP contribution in [0.15, 0.2) is 35.6 Å². The van der Waals surface area contributed by atoms with Gasteiger partial charge in [0.25, 0.3) is 6.33 Å². The van der Waals surface area contributed by atoms with Gasteiger partial charge in [-0.05, 0) is 17.1 Å². The average Bonchev–Trinajstić information content (AvgIpc) is 2.65. The molecule has 2 aromatic rings. The quantitative estimate of drug-likeness (QED) is 0.463. The summed E-state index contributed by atoms with van der Waals surface area (Å²) in [5.41, 5.74) is 1.10. The summed E-state index contributed by atoms with van der Waals surface area (Å²) < 4.78 is 2.23. The van der Waals surface area contributed by atoms with Crippen LogP contribution in [0.2, 0.25) is 0 Å². The van der Waals surface area contributed by atoms with Gasteiger partial charge in [-0.3, -0.25) is 0 Å². The largest absolute Gasteiger partial charge is 0.287 e. The molecule has 0 unspecified atom stereocenters. The summed E-state index contributed by atoms with van der Waals surface area (Å²) in [5, 5.41) is 2.65. The van der Waals surface area contributed by atoms with E-state index in [9.17, 15) is 0 Å². The van der Waals surface area contributed by atoms with E-state index >= 15 is 0 Å². The van der Waals surface area contributed by atoms with Gasteiger partial charge in [0.15, 0.2) is 10.5 Å². The van der Waals surface area contributed by atoms with Gasteiger partial charge in [-0.2, -0.15) is 0 Å². The van der Waals surface area contributed by atoms with Crippen LogP contribution in [-0.2, 0) is 6.54 Å². The Morgan fingerprint density at radius 3 is 3.23 bits per heavy atom. The smallest absolute Gasteiger partial charge is 0.223 e. The lowest BCUT2D eigenvalue weighted by molar-refractivity contribution is -0.724. The number of fused-ring (bicyclic) bond motifs is 3. The molecule has 13 heavy (non-hydrogen) atoms. The standard InChI is InChI=1S/C10H9N2S/c1-2-4-9-8(3-1)10-12(7-11-9)5-6-13-10/h1-4,7H,5-6H2/q+1. The summed E-state index contributed by atoms with van der Waals surface area (Å²) >= 11 is 1.92. The summed E-state index contributed by atoms with van der Waals surface area (Å²) in [6, 6.07) is 8.32. The summed E-state index contributed by atoms with van der Waals surface area (Å²) in [6.45, 7) is 1.10. The molecule has 0 atom stereocenters. The zero-order chi connectivity index (χ0) is 8.67. The highest BCUT2D eigenvalue weighted by Gasteiger charge is 2.19. The van der Waals surface area contributed by atoms with Gasteiger partial charge in [0, 0.05) is 5.75 Å². The van der Waals surface area contributed by atoms with E-state index < -0.39 is 0 Å². The molecule has 0 spiro atoms. The fourth-order valence-corrected chi connectivity index (χ4v) is 2.78. The van der Waals surface area contributed by atoms with Crippen molar-refractivity contribution in [3.05, 3.63) is 30.6 Å². The van der Waals surface area contributed by atoms with Gasteiger partial charge in [0.1, 0.15) is 6.54 Å². The van der Waals surface area contributed by atoms with Crippen molar-refractivity contribution in [1.29, 1.82) is 0 Å². The zero-order valence-electron chi connectivity index (χ0n) is 7.10. The van der Waals surface area contributed by atoms with E-state index in [4.69, 9.17) is 0 Å². The molecule has 0 N–H and O–H groups in total. The maximum atomic E-state index is 4.40. The molecule has 2 heterocycles. The Bertz CT molecular complexity index is 467. The number of hydrogen-bond acceptors (Lipinski definition) is 2. The minimum Gasteiger partial charge on any atom is -0.223 e. The molecule has 0 bridgehead atoms. The molecule has 0 radical (unpaired) electrons. The van der Waals surface area contributed by atoms with Crippen molar-refractivity contribution in [1.82, 2.24) is 4.98 Å². The average molecular weight is 189 g/mol. The van der Waals surface area contributed by atoms with Crippen LogP contribution in [0.25, 0.3) is 10.9 Å².